The third-order valence-corrected chi connectivity index (χ3v) is 8.25. The van der Waals surface area contributed by atoms with E-state index in [2.05, 4.69) is 146 Å². The summed E-state index contributed by atoms with van der Waals surface area (Å²) in [4.78, 5) is 0. The van der Waals surface area contributed by atoms with Gasteiger partial charge in [0.15, 0.2) is 0 Å². The van der Waals surface area contributed by atoms with Crippen molar-refractivity contribution in [3.8, 4) is 33.4 Å². The fourth-order valence-corrected chi connectivity index (χ4v) is 6.14. The van der Waals surface area contributed by atoms with Gasteiger partial charge in [0.2, 0.25) is 0 Å². The lowest BCUT2D eigenvalue weighted by molar-refractivity contribution is 1.50. The smallest absolute Gasteiger partial charge is 0.0283 e. The van der Waals surface area contributed by atoms with Gasteiger partial charge < -0.3 is 5.41 Å². The highest BCUT2D eigenvalue weighted by Gasteiger charge is 2.16. The Bertz CT molecular complexity index is 2140. The van der Waals surface area contributed by atoms with E-state index in [9.17, 15) is 0 Å². The van der Waals surface area contributed by atoms with E-state index in [-0.39, 0.29) is 0 Å². The third kappa shape index (κ3) is 4.96. The van der Waals surface area contributed by atoms with Crippen LogP contribution < -0.4 is 0 Å². The molecule has 0 radical (unpaired) electrons. The van der Waals surface area contributed by atoms with E-state index in [1.54, 1.807) is 13.0 Å². The Labute approximate surface area is 252 Å². The van der Waals surface area contributed by atoms with Crippen molar-refractivity contribution < 1.29 is 0 Å². The molecule has 0 fully saturated rings. The summed E-state index contributed by atoms with van der Waals surface area (Å²) in [6.07, 6.45) is 3.67. The summed E-state index contributed by atoms with van der Waals surface area (Å²) in [6.45, 7) is 5.93. The molecule has 7 aromatic rings. The van der Waals surface area contributed by atoms with Crippen LogP contribution >= 0.6 is 0 Å². The van der Waals surface area contributed by atoms with Crippen molar-refractivity contribution in [3.63, 3.8) is 0 Å². The number of rotatable bonds is 6. The number of allylic oxidation sites excluding steroid dienone is 3. The summed E-state index contributed by atoms with van der Waals surface area (Å²) in [6, 6.07) is 50.4. The second-order valence-corrected chi connectivity index (χ2v) is 11.1. The largest absolute Gasteiger partial charge is 0.306 e. The van der Waals surface area contributed by atoms with Crippen molar-refractivity contribution in [2.24, 2.45) is 0 Å². The average Bonchev–Trinajstić information content (AvgIpc) is 3.06. The van der Waals surface area contributed by atoms with Crippen LogP contribution in [0.25, 0.3) is 71.3 Å². The molecule has 1 N–H and O–H groups in total. The molecule has 0 aliphatic carbocycles. The molecule has 0 saturated heterocycles. The Balaban J connectivity index is 1.36. The predicted molar refractivity (Wildman–Crippen MR) is 187 cm³/mol. The van der Waals surface area contributed by atoms with Crippen LogP contribution in [0, 0.1) is 5.41 Å². The lowest BCUT2D eigenvalue weighted by atomic mass is 9.85. The van der Waals surface area contributed by atoms with E-state index in [1.807, 2.05) is 6.08 Å². The van der Waals surface area contributed by atoms with Crippen molar-refractivity contribution >= 4 is 43.6 Å². The molecule has 1 nitrogen and oxygen atoms in total. The summed E-state index contributed by atoms with van der Waals surface area (Å²) in [5.41, 5.74) is 9.84. The Kier molecular flexibility index (Phi) is 6.77. The van der Waals surface area contributed by atoms with Gasteiger partial charge in [0, 0.05) is 5.71 Å². The van der Waals surface area contributed by atoms with E-state index >= 15 is 0 Å². The molecule has 0 aliphatic heterocycles. The SMILES string of the molecule is C=C(/C=C\C(C)=N)c1ccc(-c2ccc3ccc(-c4c5ccccc5c(-c5ccccc5)c5ccccc45)cc3c2)cc1. The summed E-state index contributed by atoms with van der Waals surface area (Å²) in [5, 5.41) is 15.1. The van der Waals surface area contributed by atoms with Crippen LogP contribution in [0.15, 0.2) is 158 Å². The molecule has 0 unspecified atom stereocenters. The first-order chi connectivity index (χ1) is 21.1. The van der Waals surface area contributed by atoms with E-state index in [0.717, 1.165) is 11.1 Å². The molecule has 204 valence electrons. The zero-order chi connectivity index (χ0) is 29.3. The topological polar surface area (TPSA) is 23.9 Å². The quantitative estimate of drug-likeness (QED) is 0.121. The number of fused-ring (bicyclic) bond motifs is 3. The first-order valence-electron chi connectivity index (χ1n) is 14.6. The summed E-state index contributed by atoms with van der Waals surface area (Å²) >= 11 is 0. The Hall–Kier alpha value is -5.53. The first kappa shape index (κ1) is 26.4. The molecule has 7 rings (SSSR count). The minimum absolute atomic E-state index is 0.515. The summed E-state index contributed by atoms with van der Waals surface area (Å²) in [7, 11) is 0. The highest BCUT2D eigenvalue weighted by molar-refractivity contribution is 6.21. The number of benzene rings is 7. The van der Waals surface area contributed by atoms with Gasteiger partial charge in [0.1, 0.15) is 0 Å². The molecular formula is C42H31N. The van der Waals surface area contributed by atoms with Crippen LogP contribution in [-0.4, -0.2) is 5.71 Å². The number of hydrogen-bond donors (Lipinski definition) is 1. The maximum Gasteiger partial charge on any atom is 0.0283 e. The summed E-state index contributed by atoms with van der Waals surface area (Å²) < 4.78 is 0. The van der Waals surface area contributed by atoms with Gasteiger partial charge in [-0.15, -0.1) is 0 Å². The monoisotopic (exact) mass is 549 g/mol. The zero-order valence-electron chi connectivity index (χ0n) is 24.1. The van der Waals surface area contributed by atoms with Crippen molar-refractivity contribution in [1.29, 1.82) is 5.41 Å². The van der Waals surface area contributed by atoms with Gasteiger partial charge in [-0.05, 0) is 102 Å². The minimum Gasteiger partial charge on any atom is -0.306 e. The maximum atomic E-state index is 7.63. The lowest BCUT2D eigenvalue weighted by Crippen LogP contribution is -1.91. The Morgan fingerprint density at radius 1 is 0.488 bits per heavy atom. The molecule has 0 aromatic heterocycles. The first-order valence-corrected chi connectivity index (χ1v) is 14.6. The molecule has 0 amide bonds. The highest BCUT2D eigenvalue weighted by Crippen LogP contribution is 2.44. The van der Waals surface area contributed by atoms with Crippen LogP contribution in [0.3, 0.4) is 0 Å². The minimum atomic E-state index is 0.515. The maximum absolute atomic E-state index is 7.63. The van der Waals surface area contributed by atoms with Crippen molar-refractivity contribution in [2.45, 2.75) is 6.92 Å². The number of hydrogen-bond acceptors (Lipinski definition) is 1. The Morgan fingerprint density at radius 2 is 0.977 bits per heavy atom. The standard InChI is InChI=1S/C42H31N/c1-28(16-17-29(2)43)30-18-20-31(21-19-30)34-24-22-32-23-25-35(27-36(32)26-34)42-39-14-8-6-12-37(39)41(33-10-4-3-5-11-33)38-13-7-9-15-40(38)42/h3-27,43H,1H2,2H3/b17-16-,43-29?. The molecule has 0 atom stereocenters. The van der Waals surface area contributed by atoms with Crippen LogP contribution in [0.5, 0.6) is 0 Å². The predicted octanol–water partition coefficient (Wildman–Crippen LogP) is 11.8. The molecule has 7 aromatic carbocycles. The van der Waals surface area contributed by atoms with Gasteiger partial charge in [-0.2, -0.15) is 0 Å². The van der Waals surface area contributed by atoms with Crippen molar-refractivity contribution in [1.82, 2.24) is 0 Å². The lowest BCUT2D eigenvalue weighted by Gasteiger charge is -2.18. The van der Waals surface area contributed by atoms with Crippen LogP contribution in [-0.2, 0) is 0 Å². The zero-order valence-corrected chi connectivity index (χ0v) is 24.1. The molecular weight excluding hydrogens is 518 g/mol. The van der Waals surface area contributed by atoms with Gasteiger partial charge in [0.05, 0.1) is 0 Å². The second kappa shape index (κ2) is 11.0. The molecule has 0 aliphatic rings. The van der Waals surface area contributed by atoms with Crippen molar-refractivity contribution in [2.75, 3.05) is 0 Å². The van der Waals surface area contributed by atoms with Gasteiger partial charge in [-0.1, -0.05) is 140 Å². The molecule has 1 heteroatoms. The van der Waals surface area contributed by atoms with E-state index in [4.69, 9.17) is 5.41 Å². The van der Waals surface area contributed by atoms with Crippen LogP contribution in [0.4, 0.5) is 0 Å². The van der Waals surface area contributed by atoms with Gasteiger partial charge in [-0.25, -0.2) is 0 Å². The third-order valence-electron chi connectivity index (χ3n) is 8.25. The fourth-order valence-electron chi connectivity index (χ4n) is 6.14. The normalized spacial score (nSPS) is 11.5. The van der Waals surface area contributed by atoms with Crippen LogP contribution in [0.1, 0.15) is 12.5 Å². The molecule has 43 heavy (non-hydrogen) atoms. The Morgan fingerprint density at radius 3 is 1.56 bits per heavy atom. The number of nitrogens with one attached hydrogen (secondary N) is 1. The highest BCUT2D eigenvalue weighted by atomic mass is 14.4. The van der Waals surface area contributed by atoms with Gasteiger partial charge >= 0.3 is 0 Å². The van der Waals surface area contributed by atoms with E-state index in [0.29, 0.717) is 5.71 Å². The average molecular weight is 550 g/mol. The van der Waals surface area contributed by atoms with E-state index < -0.39 is 0 Å². The van der Waals surface area contributed by atoms with Gasteiger partial charge in [-0.3, -0.25) is 0 Å². The molecule has 0 heterocycles. The van der Waals surface area contributed by atoms with E-state index in [1.165, 1.54) is 65.7 Å². The van der Waals surface area contributed by atoms with Gasteiger partial charge in [0.25, 0.3) is 0 Å². The fraction of sp³-hybridized carbons (Fsp3) is 0.0238. The molecule has 0 bridgehead atoms. The molecule has 0 saturated carbocycles. The molecule has 0 spiro atoms. The summed E-state index contributed by atoms with van der Waals surface area (Å²) in [5.74, 6) is 0. The van der Waals surface area contributed by atoms with Crippen molar-refractivity contribution in [3.05, 3.63) is 164 Å². The van der Waals surface area contributed by atoms with Crippen LogP contribution in [0.2, 0.25) is 0 Å². The second-order valence-electron chi connectivity index (χ2n) is 11.1.